The van der Waals surface area contributed by atoms with Crippen LogP contribution in [0.25, 0.3) is 0 Å². The summed E-state index contributed by atoms with van der Waals surface area (Å²) in [5.41, 5.74) is 5.00. The molecule has 0 spiro atoms. The average Bonchev–Trinajstić information content (AvgIpc) is 2.72. The number of nitrogens with one attached hydrogen (secondary N) is 2. The van der Waals surface area contributed by atoms with Crippen molar-refractivity contribution in [2.24, 2.45) is 13.0 Å². The van der Waals surface area contributed by atoms with E-state index in [0.717, 1.165) is 13.0 Å². The summed E-state index contributed by atoms with van der Waals surface area (Å²) in [5.74, 6) is 0.497. The Labute approximate surface area is 104 Å². The highest BCUT2D eigenvalue weighted by atomic mass is 16.5. The maximum atomic E-state index is 11.7. The second-order valence-electron chi connectivity index (χ2n) is 4.58. The van der Waals surface area contributed by atoms with E-state index in [1.807, 2.05) is 6.92 Å². The van der Waals surface area contributed by atoms with Crippen LogP contribution in [0.2, 0.25) is 0 Å². The minimum atomic E-state index is -0.513. The summed E-state index contributed by atoms with van der Waals surface area (Å²) in [6.07, 6.45) is 1.13. The van der Waals surface area contributed by atoms with Crippen molar-refractivity contribution in [3.8, 4) is 0 Å². The van der Waals surface area contributed by atoms with E-state index in [9.17, 15) is 9.59 Å². The standard InChI is InChI=1S/C11H18N4O3/c1-6-7(3-4-18-6)5-13-8-9(12)15(2)11(17)14-10(8)16/h6-7,13H,3-5,12H2,1-2H3,(H,14,16,17). The third-order valence-electron chi connectivity index (χ3n) is 3.44. The summed E-state index contributed by atoms with van der Waals surface area (Å²) in [4.78, 5) is 25.2. The van der Waals surface area contributed by atoms with Crippen LogP contribution >= 0.6 is 0 Å². The first-order valence-electron chi connectivity index (χ1n) is 5.95. The van der Waals surface area contributed by atoms with Crippen LogP contribution in [-0.2, 0) is 11.8 Å². The molecule has 0 amide bonds. The molecule has 7 heteroatoms. The quantitative estimate of drug-likeness (QED) is 0.674. The molecule has 1 fully saturated rings. The van der Waals surface area contributed by atoms with Gasteiger partial charge in [-0.1, -0.05) is 0 Å². The van der Waals surface area contributed by atoms with Gasteiger partial charge in [-0.05, 0) is 13.3 Å². The maximum absolute atomic E-state index is 11.7. The van der Waals surface area contributed by atoms with Gasteiger partial charge in [0.2, 0.25) is 0 Å². The van der Waals surface area contributed by atoms with Crippen molar-refractivity contribution in [2.45, 2.75) is 19.4 Å². The SMILES string of the molecule is CC1OCCC1CNc1c(N)n(C)c(=O)[nH]c1=O. The predicted octanol–water partition coefficient (Wildman–Crippen LogP) is -0.507. The molecule has 2 heterocycles. The Bertz CT molecular complexity index is 548. The zero-order valence-corrected chi connectivity index (χ0v) is 10.5. The number of nitrogens with two attached hydrogens (primary N) is 1. The molecular formula is C11H18N4O3. The fourth-order valence-electron chi connectivity index (χ4n) is 2.09. The number of nitrogens with zero attached hydrogens (tertiary/aromatic N) is 1. The number of aromatic amines is 1. The lowest BCUT2D eigenvalue weighted by atomic mass is 10.0. The molecule has 2 unspecified atom stereocenters. The van der Waals surface area contributed by atoms with Gasteiger partial charge in [0, 0.05) is 26.1 Å². The zero-order valence-electron chi connectivity index (χ0n) is 10.5. The smallest absolute Gasteiger partial charge is 0.329 e. The third-order valence-corrected chi connectivity index (χ3v) is 3.44. The van der Waals surface area contributed by atoms with E-state index in [1.165, 1.54) is 11.6 Å². The molecule has 4 N–H and O–H groups in total. The molecule has 7 nitrogen and oxygen atoms in total. The van der Waals surface area contributed by atoms with Crippen molar-refractivity contribution >= 4 is 11.5 Å². The summed E-state index contributed by atoms with van der Waals surface area (Å²) >= 11 is 0. The Morgan fingerprint density at radius 1 is 1.56 bits per heavy atom. The Balaban J connectivity index is 2.17. The van der Waals surface area contributed by atoms with Gasteiger partial charge in [0.05, 0.1) is 6.10 Å². The van der Waals surface area contributed by atoms with E-state index in [-0.39, 0.29) is 17.6 Å². The van der Waals surface area contributed by atoms with Gasteiger partial charge in [-0.3, -0.25) is 14.3 Å². The van der Waals surface area contributed by atoms with Crippen LogP contribution in [0.5, 0.6) is 0 Å². The number of rotatable bonds is 3. The molecule has 0 aliphatic carbocycles. The normalized spacial score (nSPS) is 23.2. The molecule has 2 atom stereocenters. The minimum Gasteiger partial charge on any atom is -0.383 e. The van der Waals surface area contributed by atoms with Gasteiger partial charge in [-0.15, -0.1) is 0 Å². The molecule has 1 aliphatic rings. The highest BCUT2D eigenvalue weighted by Crippen LogP contribution is 2.21. The first-order valence-corrected chi connectivity index (χ1v) is 5.95. The first-order chi connectivity index (χ1) is 8.50. The minimum absolute atomic E-state index is 0.148. The Morgan fingerprint density at radius 3 is 2.89 bits per heavy atom. The van der Waals surface area contributed by atoms with Crippen LogP contribution in [0.4, 0.5) is 11.5 Å². The van der Waals surface area contributed by atoms with Crippen LogP contribution in [0.1, 0.15) is 13.3 Å². The van der Waals surface area contributed by atoms with E-state index in [4.69, 9.17) is 10.5 Å². The molecule has 1 aromatic heterocycles. The van der Waals surface area contributed by atoms with Crippen molar-refractivity contribution in [3.63, 3.8) is 0 Å². The van der Waals surface area contributed by atoms with Crippen LogP contribution in [0.3, 0.4) is 0 Å². The molecule has 18 heavy (non-hydrogen) atoms. The van der Waals surface area contributed by atoms with Crippen LogP contribution in [0.15, 0.2) is 9.59 Å². The van der Waals surface area contributed by atoms with Gasteiger partial charge in [0.15, 0.2) is 0 Å². The summed E-state index contributed by atoms with van der Waals surface area (Å²) in [7, 11) is 1.51. The number of hydrogen-bond acceptors (Lipinski definition) is 5. The Morgan fingerprint density at radius 2 is 2.28 bits per heavy atom. The van der Waals surface area contributed by atoms with Crippen LogP contribution in [-0.4, -0.2) is 28.8 Å². The fourth-order valence-corrected chi connectivity index (χ4v) is 2.09. The summed E-state index contributed by atoms with van der Waals surface area (Å²) < 4.78 is 6.65. The molecule has 0 saturated carbocycles. The molecule has 1 saturated heterocycles. The number of ether oxygens (including phenoxy) is 1. The lowest BCUT2D eigenvalue weighted by molar-refractivity contribution is 0.108. The van der Waals surface area contributed by atoms with Crippen molar-refractivity contribution < 1.29 is 4.74 Å². The first kappa shape index (κ1) is 12.7. The van der Waals surface area contributed by atoms with Gasteiger partial charge >= 0.3 is 5.69 Å². The van der Waals surface area contributed by atoms with Crippen LogP contribution < -0.4 is 22.3 Å². The van der Waals surface area contributed by atoms with E-state index in [0.29, 0.717) is 12.5 Å². The van der Waals surface area contributed by atoms with Crippen LogP contribution in [0, 0.1) is 5.92 Å². The topological polar surface area (TPSA) is 102 Å². The Kier molecular flexibility index (Phi) is 3.42. The number of anilines is 2. The maximum Gasteiger partial charge on any atom is 0.329 e. The monoisotopic (exact) mass is 254 g/mol. The number of aromatic nitrogens is 2. The van der Waals surface area contributed by atoms with Gasteiger partial charge in [0.1, 0.15) is 11.5 Å². The summed E-state index contributed by atoms with van der Waals surface area (Å²) in [6, 6.07) is 0. The highest BCUT2D eigenvalue weighted by molar-refractivity contribution is 5.60. The average molecular weight is 254 g/mol. The second kappa shape index (κ2) is 4.85. The predicted molar refractivity (Wildman–Crippen MR) is 68.7 cm³/mol. The van der Waals surface area contributed by atoms with Crippen molar-refractivity contribution in [3.05, 3.63) is 20.8 Å². The molecule has 100 valence electrons. The zero-order chi connectivity index (χ0) is 13.3. The van der Waals surface area contributed by atoms with E-state index in [2.05, 4.69) is 10.3 Å². The van der Waals surface area contributed by atoms with Crippen molar-refractivity contribution in [1.29, 1.82) is 0 Å². The van der Waals surface area contributed by atoms with Gasteiger partial charge in [-0.25, -0.2) is 4.79 Å². The lowest BCUT2D eigenvalue weighted by Gasteiger charge is -2.16. The third kappa shape index (κ3) is 2.26. The van der Waals surface area contributed by atoms with E-state index in [1.54, 1.807) is 0 Å². The highest BCUT2D eigenvalue weighted by Gasteiger charge is 2.24. The molecular weight excluding hydrogens is 236 g/mol. The van der Waals surface area contributed by atoms with Gasteiger partial charge in [-0.2, -0.15) is 0 Å². The van der Waals surface area contributed by atoms with Gasteiger partial charge in [0.25, 0.3) is 5.56 Å². The number of nitrogen functional groups attached to an aromatic ring is 1. The summed E-state index contributed by atoms with van der Waals surface area (Å²) in [5, 5.41) is 3.01. The fraction of sp³-hybridized carbons (Fsp3) is 0.636. The molecule has 2 rings (SSSR count). The van der Waals surface area contributed by atoms with Crippen molar-refractivity contribution in [2.75, 3.05) is 24.2 Å². The Hall–Kier alpha value is -1.76. The second-order valence-corrected chi connectivity index (χ2v) is 4.58. The largest absolute Gasteiger partial charge is 0.383 e. The number of H-pyrrole nitrogens is 1. The molecule has 1 aromatic rings. The lowest BCUT2D eigenvalue weighted by Crippen LogP contribution is -2.33. The van der Waals surface area contributed by atoms with E-state index < -0.39 is 11.2 Å². The molecule has 0 radical (unpaired) electrons. The van der Waals surface area contributed by atoms with Gasteiger partial charge < -0.3 is 15.8 Å². The van der Waals surface area contributed by atoms with Crippen molar-refractivity contribution in [1.82, 2.24) is 9.55 Å². The molecule has 0 aromatic carbocycles. The number of hydrogen-bond donors (Lipinski definition) is 3. The molecule has 1 aliphatic heterocycles. The molecule has 0 bridgehead atoms. The summed E-state index contributed by atoms with van der Waals surface area (Å²) in [6.45, 7) is 3.35. The van der Waals surface area contributed by atoms with E-state index >= 15 is 0 Å².